The average molecular weight is 1060 g/mol. The van der Waals surface area contributed by atoms with Gasteiger partial charge in [0.25, 0.3) is 0 Å². The molecule has 440 valence electrons. The van der Waals surface area contributed by atoms with E-state index in [1.54, 1.807) is 0 Å². The summed E-state index contributed by atoms with van der Waals surface area (Å²) in [5.41, 5.74) is 0. The van der Waals surface area contributed by atoms with Gasteiger partial charge in [0.1, 0.15) is 13.2 Å². The van der Waals surface area contributed by atoms with Crippen LogP contribution >= 0.6 is 0 Å². The first-order chi connectivity index (χ1) is 37.5. The lowest BCUT2D eigenvalue weighted by molar-refractivity contribution is -0.167. The Bertz CT molecular complexity index is 1400. The van der Waals surface area contributed by atoms with Gasteiger partial charge < -0.3 is 14.2 Å². The van der Waals surface area contributed by atoms with Gasteiger partial charge in [-0.3, -0.25) is 14.4 Å². The Balaban J connectivity index is 4.24. The van der Waals surface area contributed by atoms with Gasteiger partial charge in [0.05, 0.1) is 0 Å². The van der Waals surface area contributed by atoms with E-state index in [0.717, 1.165) is 96.3 Å². The Hall–Kier alpha value is -3.15. The third-order valence-corrected chi connectivity index (χ3v) is 14.5. The molecule has 0 amide bonds. The molecule has 0 aliphatic carbocycles. The maximum atomic E-state index is 12.9. The van der Waals surface area contributed by atoms with Crippen molar-refractivity contribution in [1.82, 2.24) is 0 Å². The van der Waals surface area contributed by atoms with Crippen molar-refractivity contribution >= 4 is 17.9 Å². The van der Waals surface area contributed by atoms with Crippen molar-refractivity contribution in [2.24, 2.45) is 0 Å². The molecule has 0 heterocycles. The fourth-order valence-corrected chi connectivity index (χ4v) is 9.57. The predicted molar refractivity (Wildman–Crippen MR) is 330 cm³/mol. The van der Waals surface area contributed by atoms with Crippen LogP contribution in [0.2, 0.25) is 0 Å². The number of carbonyl (C=O) groups excluding carboxylic acids is 3. The topological polar surface area (TPSA) is 78.9 Å². The van der Waals surface area contributed by atoms with Crippen molar-refractivity contribution in [3.8, 4) is 0 Å². The fraction of sp³-hybridized carbons (Fsp3) is 0.786. The normalized spacial score (nSPS) is 12.5. The first-order valence-electron chi connectivity index (χ1n) is 32.9. The van der Waals surface area contributed by atoms with Gasteiger partial charge in [-0.25, -0.2) is 0 Å². The molecule has 0 bridgehead atoms. The van der Waals surface area contributed by atoms with Crippen molar-refractivity contribution in [2.45, 2.75) is 341 Å². The van der Waals surface area contributed by atoms with Crippen molar-refractivity contribution in [3.05, 3.63) is 72.9 Å². The molecule has 0 fully saturated rings. The van der Waals surface area contributed by atoms with Crippen LogP contribution in [0.3, 0.4) is 0 Å². The summed E-state index contributed by atoms with van der Waals surface area (Å²) >= 11 is 0. The molecule has 76 heavy (non-hydrogen) atoms. The van der Waals surface area contributed by atoms with Crippen LogP contribution in [0, 0.1) is 0 Å². The molecule has 0 aliphatic rings. The molecule has 1 unspecified atom stereocenters. The second-order valence-electron chi connectivity index (χ2n) is 22.0. The Morgan fingerprint density at radius 1 is 0.276 bits per heavy atom. The first kappa shape index (κ1) is 72.8. The second-order valence-corrected chi connectivity index (χ2v) is 22.0. The number of unbranched alkanes of at least 4 members (excludes halogenated alkanes) is 37. The van der Waals surface area contributed by atoms with E-state index in [0.29, 0.717) is 19.3 Å². The van der Waals surface area contributed by atoms with Gasteiger partial charge in [0.15, 0.2) is 6.10 Å². The molecule has 0 radical (unpaired) electrons. The minimum Gasteiger partial charge on any atom is -0.462 e. The van der Waals surface area contributed by atoms with Gasteiger partial charge in [-0.05, 0) is 70.6 Å². The highest BCUT2D eigenvalue weighted by atomic mass is 16.6. The van der Waals surface area contributed by atoms with Gasteiger partial charge in [-0.1, -0.05) is 318 Å². The minimum atomic E-state index is -0.773. The summed E-state index contributed by atoms with van der Waals surface area (Å²) in [6, 6.07) is 0. The summed E-state index contributed by atoms with van der Waals surface area (Å²) in [4.78, 5) is 38.3. The summed E-state index contributed by atoms with van der Waals surface area (Å²) in [6.45, 7) is 6.57. The van der Waals surface area contributed by atoms with Crippen LogP contribution in [0.15, 0.2) is 72.9 Å². The predicted octanol–water partition coefficient (Wildman–Crippen LogP) is 22.5. The first-order valence-corrected chi connectivity index (χ1v) is 32.9. The minimum absolute atomic E-state index is 0.0707. The Morgan fingerprint density at radius 2 is 0.513 bits per heavy atom. The Morgan fingerprint density at radius 3 is 0.803 bits per heavy atom. The zero-order valence-corrected chi connectivity index (χ0v) is 50.5. The number of ether oxygens (including phenoxy) is 3. The molecule has 0 saturated carbocycles. The quantitative estimate of drug-likeness (QED) is 0.0261. The monoisotopic (exact) mass is 1060 g/mol. The molecule has 0 spiro atoms. The van der Waals surface area contributed by atoms with Crippen LogP contribution in [-0.2, 0) is 28.6 Å². The second kappa shape index (κ2) is 64.4. The van der Waals surface area contributed by atoms with Crippen LogP contribution in [0.25, 0.3) is 0 Å². The summed E-state index contributed by atoms with van der Waals surface area (Å²) in [6.07, 6.45) is 83.4. The van der Waals surface area contributed by atoms with Crippen molar-refractivity contribution < 1.29 is 28.6 Å². The zero-order valence-electron chi connectivity index (χ0n) is 50.5. The van der Waals surface area contributed by atoms with Crippen molar-refractivity contribution in [2.75, 3.05) is 13.2 Å². The number of carbonyl (C=O) groups is 3. The molecule has 0 aliphatic heterocycles. The molecule has 6 nitrogen and oxygen atoms in total. The van der Waals surface area contributed by atoms with Gasteiger partial charge in [-0.2, -0.15) is 0 Å². The molecule has 0 aromatic rings. The van der Waals surface area contributed by atoms with Crippen LogP contribution < -0.4 is 0 Å². The van der Waals surface area contributed by atoms with Gasteiger partial charge in [0.2, 0.25) is 0 Å². The standard InChI is InChI=1S/C70H124O6/c1-4-7-10-13-16-19-22-25-27-29-30-31-32-33-34-35-36-37-38-39-40-41-43-45-48-51-54-57-60-63-69(72)75-66-67(65-74-68(71)62-59-56-53-50-47-44-24-21-18-15-12-9-6-3)76-70(73)64-61-58-55-52-49-46-42-28-26-23-20-17-14-11-8-5-2/h7,10,16,19,25,27,30-31,33-34,36-37,67H,4-6,8-9,11-15,17-18,20-24,26,28-29,32,35,38-66H2,1-3H3/b10-7-,19-16-,27-25-,31-30-,34-33-,37-36-. The van der Waals surface area contributed by atoms with Crippen molar-refractivity contribution in [3.63, 3.8) is 0 Å². The highest BCUT2D eigenvalue weighted by Crippen LogP contribution is 2.17. The molecular weight excluding hydrogens is 937 g/mol. The molecule has 1 atom stereocenters. The molecule has 0 aromatic heterocycles. The van der Waals surface area contributed by atoms with E-state index < -0.39 is 6.10 Å². The van der Waals surface area contributed by atoms with E-state index in [1.165, 1.54) is 199 Å². The van der Waals surface area contributed by atoms with Crippen LogP contribution in [0.1, 0.15) is 335 Å². The molecular formula is C70H124O6. The fourth-order valence-electron chi connectivity index (χ4n) is 9.57. The number of rotatable bonds is 60. The van der Waals surface area contributed by atoms with Gasteiger partial charge in [0, 0.05) is 19.3 Å². The number of esters is 3. The van der Waals surface area contributed by atoms with E-state index >= 15 is 0 Å². The lowest BCUT2D eigenvalue weighted by Crippen LogP contribution is -2.30. The lowest BCUT2D eigenvalue weighted by atomic mass is 10.0. The SMILES string of the molecule is CC/C=C\C/C=C\C/C=C\C/C=C\C/C=C\C/C=C\CCCCCCCCCCCCC(=O)OCC(COC(=O)CCCCCCCCCCCCCCC)OC(=O)CCCCCCCCCCCCCCCCCC. The molecule has 0 N–H and O–H groups in total. The van der Waals surface area contributed by atoms with E-state index in [1.807, 2.05) is 0 Å². The third kappa shape index (κ3) is 61.7. The third-order valence-electron chi connectivity index (χ3n) is 14.5. The molecule has 0 saturated heterocycles. The smallest absolute Gasteiger partial charge is 0.306 e. The summed E-state index contributed by atoms with van der Waals surface area (Å²) in [5, 5.41) is 0. The van der Waals surface area contributed by atoms with E-state index in [-0.39, 0.29) is 31.1 Å². The van der Waals surface area contributed by atoms with Gasteiger partial charge >= 0.3 is 17.9 Å². The average Bonchev–Trinajstić information content (AvgIpc) is 3.42. The highest BCUT2D eigenvalue weighted by molar-refractivity contribution is 5.71. The van der Waals surface area contributed by atoms with E-state index in [2.05, 4.69) is 93.7 Å². The van der Waals surface area contributed by atoms with Crippen molar-refractivity contribution in [1.29, 1.82) is 0 Å². The van der Waals surface area contributed by atoms with Crippen LogP contribution in [-0.4, -0.2) is 37.2 Å². The van der Waals surface area contributed by atoms with Crippen LogP contribution in [0.4, 0.5) is 0 Å². The summed E-state index contributed by atoms with van der Waals surface area (Å²) < 4.78 is 16.9. The Kier molecular flexibility index (Phi) is 61.7. The molecule has 0 aromatic carbocycles. The zero-order chi connectivity index (χ0) is 55.0. The number of allylic oxidation sites excluding steroid dienone is 12. The van der Waals surface area contributed by atoms with Crippen LogP contribution in [0.5, 0.6) is 0 Å². The lowest BCUT2D eigenvalue weighted by Gasteiger charge is -2.18. The highest BCUT2D eigenvalue weighted by Gasteiger charge is 2.19. The Labute approximate surface area is 472 Å². The maximum absolute atomic E-state index is 12.9. The van der Waals surface area contributed by atoms with E-state index in [4.69, 9.17) is 14.2 Å². The summed E-state index contributed by atoms with van der Waals surface area (Å²) in [5.74, 6) is -0.855. The summed E-state index contributed by atoms with van der Waals surface area (Å²) in [7, 11) is 0. The largest absolute Gasteiger partial charge is 0.462 e. The maximum Gasteiger partial charge on any atom is 0.306 e. The number of hydrogen-bond acceptors (Lipinski definition) is 6. The molecule has 0 rings (SSSR count). The number of hydrogen-bond donors (Lipinski definition) is 0. The molecule has 6 heteroatoms. The van der Waals surface area contributed by atoms with Gasteiger partial charge in [-0.15, -0.1) is 0 Å². The van der Waals surface area contributed by atoms with E-state index in [9.17, 15) is 14.4 Å².